The molecule has 0 bridgehead atoms. The van der Waals surface area contributed by atoms with Crippen molar-refractivity contribution in [3.8, 4) is 0 Å². The first-order valence-corrected chi connectivity index (χ1v) is 5.56. The number of carboxylic acid groups (broad SMARTS) is 1. The fourth-order valence-electron chi connectivity index (χ4n) is 1.95. The summed E-state index contributed by atoms with van der Waals surface area (Å²) in [6.07, 6.45) is 1.59. The second kappa shape index (κ2) is 3.73. The van der Waals surface area contributed by atoms with E-state index in [1.807, 2.05) is 18.2 Å². The van der Waals surface area contributed by atoms with Crippen molar-refractivity contribution in [1.82, 2.24) is 0 Å². The van der Waals surface area contributed by atoms with Crippen LogP contribution in [0.2, 0.25) is 0 Å². The fourth-order valence-corrected chi connectivity index (χ4v) is 2.89. The van der Waals surface area contributed by atoms with Crippen LogP contribution in [0.3, 0.4) is 0 Å². The van der Waals surface area contributed by atoms with E-state index < -0.39 is 5.97 Å². The highest BCUT2D eigenvalue weighted by molar-refractivity contribution is 9.09. The summed E-state index contributed by atoms with van der Waals surface area (Å²) in [5, 5.41) is 9.00. The van der Waals surface area contributed by atoms with Crippen molar-refractivity contribution >= 4 is 21.9 Å². The minimum Gasteiger partial charge on any atom is -0.481 e. The number of benzene rings is 1. The van der Waals surface area contributed by atoms with E-state index in [2.05, 4.69) is 22.0 Å². The summed E-state index contributed by atoms with van der Waals surface area (Å²) < 4.78 is 0. The third-order valence-corrected chi connectivity index (χ3v) is 3.88. The zero-order valence-electron chi connectivity index (χ0n) is 7.61. The average Bonchev–Trinajstić information content (AvgIpc) is 2.18. The second-order valence-corrected chi connectivity index (χ2v) is 4.57. The van der Waals surface area contributed by atoms with Gasteiger partial charge in [0.25, 0.3) is 0 Å². The largest absolute Gasteiger partial charge is 0.481 e. The standard InChI is InChI=1S/C11H11BrO2/c12-10-8-4-2-1-3-7(8)5-6-9(10)11(13)14/h1-4,9-10H,5-6H2,(H,13,14). The maximum absolute atomic E-state index is 10.9. The summed E-state index contributed by atoms with van der Waals surface area (Å²) >= 11 is 3.47. The van der Waals surface area contributed by atoms with Gasteiger partial charge in [-0.05, 0) is 24.0 Å². The van der Waals surface area contributed by atoms with Gasteiger partial charge in [-0.1, -0.05) is 40.2 Å². The van der Waals surface area contributed by atoms with Crippen LogP contribution in [-0.2, 0) is 11.2 Å². The van der Waals surface area contributed by atoms with E-state index in [-0.39, 0.29) is 10.7 Å². The van der Waals surface area contributed by atoms with Gasteiger partial charge < -0.3 is 5.11 Å². The summed E-state index contributed by atoms with van der Waals surface area (Å²) in [4.78, 5) is 10.9. The van der Waals surface area contributed by atoms with Gasteiger partial charge in [0.1, 0.15) is 0 Å². The molecule has 2 unspecified atom stereocenters. The molecule has 1 aliphatic carbocycles. The third kappa shape index (κ3) is 1.57. The smallest absolute Gasteiger partial charge is 0.307 e. The Bertz CT molecular complexity index is 362. The van der Waals surface area contributed by atoms with Crippen LogP contribution in [0.15, 0.2) is 24.3 Å². The lowest BCUT2D eigenvalue weighted by Crippen LogP contribution is -2.24. The van der Waals surface area contributed by atoms with Crippen LogP contribution in [0, 0.1) is 5.92 Å². The Balaban J connectivity index is 2.36. The molecule has 2 atom stereocenters. The fraction of sp³-hybridized carbons (Fsp3) is 0.364. The maximum atomic E-state index is 10.9. The highest BCUT2D eigenvalue weighted by Crippen LogP contribution is 2.40. The van der Waals surface area contributed by atoms with E-state index in [0.29, 0.717) is 0 Å². The molecule has 0 spiro atoms. The van der Waals surface area contributed by atoms with Gasteiger partial charge in [0, 0.05) is 0 Å². The Hall–Kier alpha value is -0.830. The summed E-state index contributed by atoms with van der Waals surface area (Å²) in [6, 6.07) is 8.03. The van der Waals surface area contributed by atoms with Gasteiger partial charge in [0.05, 0.1) is 10.7 Å². The van der Waals surface area contributed by atoms with Crippen molar-refractivity contribution < 1.29 is 9.90 Å². The molecule has 0 fully saturated rings. The Kier molecular flexibility index (Phi) is 2.59. The first kappa shape index (κ1) is 9.71. The lowest BCUT2D eigenvalue weighted by atomic mass is 9.84. The molecule has 0 heterocycles. The van der Waals surface area contributed by atoms with Crippen molar-refractivity contribution in [2.75, 3.05) is 0 Å². The third-order valence-electron chi connectivity index (χ3n) is 2.75. The molecule has 2 nitrogen and oxygen atoms in total. The average molecular weight is 255 g/mol. The zero-order valence-corrected chi connectivity index (χ0v) is 9.20. The monoisotopic (exact) mass is 254 g/mol. The number of aryl methyl sites for hydroxylation is 1. The van der Waals surface area contributed by atoms with E-state index >= 15 is 0 Å². The molecule has 1 aromatic carbocycles. The predicted octanol–water partition coefficient (Wildman–Crippen LogP) is 2.77. The summed E-state index contributed by atoms with van der Waals surface area (Å²) in [7, 11) is 0. The van der Waals surface area contributed by atoms with Gasteiger partial charge in [0.15, 0.2) is 0 Å². The second-order valence-electron chi connectivity index (χ2n) is 3.58. The predicted molar refractivity (Wildman–Crippen MR) is 57.6 cm³/mol. The number of alkyl halides is 1. The Labute approximate surface area is 91.1 Å². The summed E-state index contributed by atoms with van der Waals surface area (Å²) in [5.41, 5.74) is 2.40. The number of hydrogen-bond donors (Lipinski definition) is 1. The molecule has 2 rings (SSSR count). The molecule has 0 saturated carbocycles. The van der Waals surface area contributed by atoms with Crippen LogP contribution in [0.5, 0.6) is 0 Å². The number of fused-ring (bicyclic) bond motifs is 1. The molecular formula is C11H11BrO2. The van der Waals surface area contributed by atoms with Gasteiger partial charge in [-0.15, -0.1) is 0 Å². The van der Waals surface area contributed by atoms with E-state index in [1.54, 1.807) is 0 Å². The van der Waals surface area contributed by atoms with E-state index in [1.165, 1.54) is 5.56 Å². The number of aliphatic carboxylic acids is 1. The Morgan fingerprint density at radius 1 is 1.43 bits per heavy atom. The molecule has 1 aliphatic rings. The molecule has 74 valence electrons. The number of carbonyl (C=O) groups is 1. The highest BCUT2D eigenvalue weighted by Gasteiger charge is 2.32. The molecule has 0 aromatic heterocycles. The topological polar surface area (TPSA) is 37.3 Å². The molecule has 0 saturated heterocycles. The zero-order chi connectivity index (χ0) is 10.1. The van der Waals surface area contributed by atoms with E-state index in [9.17, 15) is 4.79 Å². The molecule has 14 heavy (non-hydrogen) atoms. The SMILES string of the molecule is O=C(O)C1CCc2ccccc2C1Br. The van der Waals surface area contributed by atoms with Crippen LogP contribution < -0.4 is 0 Å². The number of carboxylic acids is 1. The first-order chi connectivity index (χ1) is 6.70. The van der Waals surface area contributed by atoms with Gasteiger partial charge in [-0.3, -0.25) is 4.79 Å². The minimum atomic E-state index is -0.707. The maximum Gasteiger partial charge on any atom is 0.307 e. The molecule has 3 heteroatoms. The summed E-state index contributed by atoms with van der Waals surface area (Å²) in [6.45, 7) is 0. The van der Waals surface area contributed by atoms with Crippen molar-refractivity contribution in [2.24, 2.45) is 5.92 Å². The lowest BCUT2D eigenvalue weighted by Gasteiger charge is -2.26. The van der Waals surface area contributed by atoms with Crippen molar-refractivity contribution in [2.45, 2.75) is 17.7 Å². The molecule has 0 amide bonds. The number of hydrogen-bond acceptors (Lipinski definition) is 1. The first-order valence-electron chi connectivity index (χ1n) is 4.65. The Morgan fingerprint density at radius 3 is 2.86 bits per heavy atom. The number of halogens is 1. The van der Waals surface area contributed by atoms with E-state index in [0.717, 1.165) is 18.4 Å². The quantitative estimate of drug-likeness (QED) is 0.783. The van der Waals surface area contributed by atoms with Gasteiger partial charge >= 0.3 is 5.97 Å². The Morgan fingerprint density at radius 2 is 2.14 bits per heavy atom. The van der Waals surface area contributed by atoms with Crippen LogP contribution in [0.25, 0.3) is 0 Å². The van der Waals surface area contributed by atoms with Crippen LogP contribution >= 0.6 is 15.9 Å². The van der Waals surface area contributed by atoms with Crippen molar-refractivity contribution in [3.05, 3.63) is 35.4 Å². The number of rotatable bonds is 1. The van der Waals surface area contributed by atoms with Crippen molar-refractivity contribution in [1.29, 1.82) is 0 Å². The van der Waals surface area contributed by atoms with Crippen LogP contribution in [0.1, 0.15) is 22.4 Å². The normalized spacial score (nSPS) is 25.5. The van der Waals surface area contributed by atoms with E-state index in [4.69, 9.17) is 5.11 Å². The van der Waals surface area contributed by atoms with Crippen LogP contribution in [-0.4, -0.2) is 11.1 Å². The molecule has 1 N–H and O–H groups in total. The summed E-state index contributed by atoms with van der Waals surface area (Å²) in [5.74, 6) is -0.994. The van der Waals surface area contributed by atoms with Gasteiger partial charge in [-0.2, -0.15) is 0 Å². The van der Waals surface area contributed by atoms with Gasteiger partial charge in [-0.25, -0.2) is 0 Å². The lowest BCUT2D eigenvalue weighted by molar-refractivity contribution is -0.142. The molecular weight excluding hydrogens is 244 g/mol. The minimum absolute atomic E-state index is 0.0371. The highest BCUT2D eigenvalue weighted by atomic mass is 79.9. The molecule has 1 aromatic rings. The van der Waals surface area contributed by atoms with Gasteiger partial charge in [0.2, 0.25) is 0 Å². The van der Waals surface area contributed by atoms with Crippen LogP contribution in [0.4, 0.5) is 0 Å². The molecule has 0 radical (unpaired) electrons. The van der Waals surface area contributed by atoms with Crippen molar-refractivity contribution in [3.63, 3.8) is 0 Å². The molecule has 0 aliphatic heterocycles.